The molecule has 1 aliphatic heterocycles. The van der Waals surface area contributed by atoms with Crippen LogP contribution >= 0.6 is 11.6 Å². The Labute approximate surface area is 223 Å². The Morgan fingerprint density at radius 2 is 1.92 bits per heavy atom. The maximum Gasteiger partial charge on any atom is 0.229 e. The van der Waals surface area contributed by atoms with E-state index in [1.807, 2.05) is 18.2 Å². The van der Waals surface area contributed by atoms with Gasteiger partial charge in [0.1, 0.15) is 11.1 Å². The van der Waals surface area contributed by atoms with Crippen LogP contribution in [0.2, 0.25) is 5.02 Å². The zero-order valence-corrected chi connectivity index (χ0v) is 22.8. The average molecular weight is 540 g/mol. The van der Waals surface area contributed by atoms with E-state index in [1.54, 1.807) is 38.1 Å². The molecule has 0 aliphatic carbocycles. The van der Waals surface area contributed by atoms with Gasteiger partial charge in [0.25, 0.3) is 0 Å². The first-order valence-corrected chi connectivity index (χ1v) is 13.9. The van der Waals surface area contributed by atoms with Gasteiger partial charge in [-0.05, 0) is 64.7 Å². The Bertz CT molecular complexity index is 1440. The number of rotatable bonds is 8. The molecule has 3 aromatic rings. The molecule has 1 saturated heterocycles. The van der Waals surface area contributed by atoms with Crippen molar-refractivity contribution in [3.8, 4) is 6.07 Å². The Morgan fingerprint density at radius 3 is 2.59 bits per heavy atom. The van der Waals surface area contributed by atoms with Gasteiger partial charge in [0.2, 0.25) is 5.95 Å². The number of para-hydroxylation sites is 1. The molecule has 0 spiro atoms. The molecule has 1 aromatic heterocycles. The van der Waals surface area contributed by atoms with Gasteiger partial charge in [-0.1, -0.05) is 23.7 Å². The van der Waals surface area contributed by atoms with Gasteiger partial charge in [-0.2, -0.15) is 10.2 Å². The van der Waals surface area contributed by atoms with Crippen molar-refractivity contribution in [1.82, 2.24) is 14.9 Å². The summed E-state index contributed by atoms with van der Waals surface area (Å²) < 4.78 is 25.7. The second-order valence-electron chi connectivity index (χ2n) is 9.42. The van der Waals surface area contributed by atoms with E-state index in [2.05, 4.69) is 50.6 Å². The van der Waals surface area contributed by atoms with E-state index in [0.29, 0.717) is 23.0 Å². The summed E-state index contributed by atoms with van der Waals surface area (Å²) in [5.41, 5.74) is 2.39. The maximum absolute atomic E-state index is 12.8. The molecule has 11 heteroatoms. The molecular weight excluding hydrogens is 510 g/mol. The van der Waals surface area contributed by atoms with Crippen molar-refractivity contribution < 1.29 is 8.42 Å². The lowest BCUT2D eigenvalue weighted by molar-refractivity contribution is 0.315. The van der Waals surface area contributed by atoms with Crippen LogP contribution in [-0.2, 0) is 9.84 Å². The molecule has 4 rings (SSSR count). The Hall–Kier alpha value is -3.39. The number of likely N-dealkylation sites (N-methyl/N-ethyl adjacent to an activating group) is 1. The van der Waals surface area contributed by atoms with Crippen molar-refractivity contribution in [2.45, 2.75) is 36.5 Å². The topological polar surface area (TPSA) is 114 Å². The summed E-state index contributed by atoms with van der Waals surface area (Å²) in [6, 6.07) is 15.0. The van der Waals surface area contributed by atoms with Crippen LogP contribution in [0.5, 0.6) is 0 Å². The van der Waals surface area contributed by atoms with Crippen molar-refractivity contribution >= 4 is 50.3 Å². The molecule has 0 saturated carbocycles. The molecule has 2 heterocycles. The quantitative estimate of drug-likeness (QED) is 0.416. The highest BCUT2D eigenvalue weighted by Crippen LogP contribution is 2.32. The SMILES string of the molecule is CC(C)S(=O)(=O)c1ccccc1Nc1nc(Nc2ccc(N3CC[C@H](N(C)C)C3)cc2C#N)ncc1Cl. The fourth-order valence-electron chi connectivity index (χ4n) is 4.16. The number of nitriles is 1. The minimum atomic E-state index is -3.54. The molecule has 0 bridgehead atoms. The second-order valence-corrected chi connectivity index (χ2v) is 12.3. The summed E-state index contributed by atoms with van der Waals surface area (Å²) in [6.07, 6.45) is 2.50. The van der Waals surface area contributed by atoms with E-state index in [9.17, 15) is 13.7 Å². The predicted molar refractivity (Wildman–Crippen MR) is 148 cm³/mol. The van der Waals surface area contributed by atoms with E-state index in [1.165, 1.54) is 6.20 Å². The largest absolute Gasteiger partial charge is 0.370 e. The number of aromatic nitrogens is 2. The highest BCUT2D eigenvalue weighted by Gasteiger charge is 2.25. The zero-order valence-electron chi connectivity index (χ0n) is 21.2. The maximum atomic E-state index is 12.8. The van der Waals surface area contributed by atoms with E-state index in [-0.39, 0.29) is 21.7 Å². The first-order chi connectivity index (χ1) is 17.6. The molecule has 2 aromatic carbocycles. The van der Waals surface area contributed by atoms with Crippen LogP contribution in [0.3, 0.4) is 0 Å². The number of sulfone groups is 1. The van der Waals surface area contributed by atoms with Gasteiger partial charge in [0.05, 0.1) is 33.3 Å². The number of nitrogens with one attached hydrogen (secondary N) is 2. The third-order valence-corrected chi connectivity index (χ3v) is 8.93. The molecule has 194 valence electrons. The van der Waals surface area contributed by atoms with Crippen LogP contribution in [0, 0.1) is 11.3 Å². The number of anilines is 5. The van der Waals surface area contributed by atoms with Gasteiger partial charge >= 0.3 is 0 Å². The standard InChI is InChI=1S/C26H30ClN7O2S/c1-17(2)37(35,36)24-8-6-5-7-23(24)30-25-21(27)15-29-26(32-25)31-22-10-9-19(13-18(22)14-28)34-12-11-20(16-34)33(3)4/h5-10,13,15,17,20H,11-12,16H2,1-4H3,(H2,29,30,31,32)/t20-/m0/s1. The number of hydrogen-bond acceptors (Lipinski definition) is 9. The normalized spacial score (nSPS) is 15.7. The number of nitrogens with zero attached hydrogens (tertiary/aromatic N) is 5. The van der Waals surface area contributed by atoms with Gasteiger partial charge in [-0.3, -0.25) is 0 Å². The second kappa shape index (κ2) is 10.9. The number of halogens is 1. The van der Waals surface area contributed by atoms with Gasteiger partial charge < -0.3 is 20.4 Å². The van der Waals surface area contributed by atoms with Crippen molar-refractivity contribution in [3.63, 3.8) is 0 Å². The Balaban J connectivity index is 1.58. The molecule has 2 N–H and O–H groups in total. The van der Waals surface area contributed by atoms with Crippen molar-refractivity contribution in [1.29, 1.82) is 5.26 Å². The van der Waals surface area contributed by atoms with Crippen molar-refractivity contribution in [2.75, 3.05) is 42.7 Å². The average Bonchev–Trinajstić information content (AvgIpc) is 3.37. The van der Waals surface area contributed by atoms with Crippen LogP contribution in [0.1, 0.15) is 25.8 Å². The number of hydrogen-bond donors (Lipinski definition) is 2. The Morgan fingerprint density at radius 1 is 1.16 bits per heavy atom. The van der Waals surface area contributed by atoms with Crippen LogP contribution in [0.4, 0.5) is 28.8 Å². The third kappa shape index (κ3) is 5.80. The smallest absolute Gasteiger partial charge is 0.229 e. The van der Waals surface area contributed by atoms with E-state index in [4.69, 9.17) is 11.6 Å². The highest BCUT2D eigenvalue weighted by atomic mass is 35.5. The summed E-state index contributed by atoms with van der Waals surface area (Å²) in [5, 5.41) is 15.6. The summed E-state index contributed by atoms with van der Waals surface area (Å²) in [6.45, 7) is 5.11. The van der Waals surface area contributed by atoms with Crippen LogP contribution in [0.15, 0.2) is 53.6 Å². The third-order valence-electron chi connectivity index (χ3n) is 6.44. The molecule has 1 atom stereocenters. The Kier molecular flexibility index (Phi) is 7.87. The lowest BCUT2D eigenvalue weighted by atomic mass is 10.1. The lowest BCUT2D eigenvalue weighted by Crippen LogP contribution is -2.31. The summed E-state index contributed by atoms with van der Waals surface area (Å²) >= 11 is 6.34. The molecule has 0 unspecified atom stereocenters. The minimum Gasteiger partial charge on any atom is -0.370 e. The molecule has 37 heavy (non-hydrogen) atoms. The van der Waals surface area contributed by atoms with E-state index < -0.39 is 15.1 Å². The summed E-state index contributed by atoms with van der Waals surface area (Å²) in [4.78, 5) is 13.4. The van der Waals surface area contributed by atoms with Crippen molar-refractivity contribution in [3.05, 3.63) is 59.2 Å². The lowest BCUT2D eigenvalue weighted by Gasteiger charge is -2.22. The predicted octanol–water partition coefficient (Wildman–Crippen LogP) is 4.81. The molecule has 0 amide bonds. The molecular formula is C26H30ClN7O2S. The first kappa shape index (κ1) is 26.7. The van der Waals surface area contributed by atoms with E-state index >= 15 is 0 Å². The summed E-state index contributed by atoms with van der Waals surface area (Å²) in [5.74, 6) is 0.460. The van der Waals surface area contributed by atoms with Crippen LogP contribution in [0.25, 0.3) is 0 Å². The molecule has 1 fully saturated rings. The number of benzene rings is 2. The first-order valence-electron chi connectivity index (χ1n) is 11.9. The molecule has 1 aliphatic rings. The van der Waals surface area contributed by atoms with Gasteiger partial charge in [0.15, 0.2) is 15.7 Å². The fraction of sp³-hybridized carbons (Fsp3) is 0.346. The van der Waals surface area contributed by atoms with Crippen LogP contribution < -0.4 is 15.5 Å². The molecule has 9 nitrogen and oxygen atoms in total. The zero-order chi connectivity index (χ0) is 26.7. The molecule has 0 radical (unpaired) electrons. The van der Waals surface area contributed by atoms with Gasteiger partial charge in [0, 0.05) is 24.8 Å². The van der Waals surface area contributed by atoms with Crippen LogP contribution in [-0.4, -0.2) is 61.8 Å². The van der Waals surface area contributed by atoms with Gasteiger partial charge in [-0.25, -0.2) is 13.4 Å². The highest BCUT2D eigenvalue weighted by molar-refractivity contribution is 7.92. The van der Waals surface area contributed by atoms with Crippen molar-refractivity contribution in [2.24, 2.45) is 0 Å². The fourth-order valence-corrected chi connectivity index (χ4v) is 5.50. The van der Waals surface area contributed by atoms with E-state index in [0.717, 1.165) is 25.2 Å². The summed E-state index contributed by atoms with van der Waals surface area (Å²) in [7, 11) is 0.630. The minimum absolute atomic E-state index is 0.162. The van der Waals surface area contributed by atoms with Gasteiger partial charge in [-0.15, -0.1) is 0 Å². The monoisotopic (exact) mass is 539 g/mol.